The van der Waals surface area contributed by atoms with Gasteiger partial charge in [0.2, 0.25) is 0 Å². The molecule has 0 spiro atoms. The molecule has 0 aliphatic carbocycles. The number of ketones is 1. The minimum absolute atomic E-state index is 0.169. The summed E-state index contributed by atoms with van der Waals surface area (Å²) in [5.74, 6) is -0.623. The number of imide groups is 1. The first kappa shape index (κ1) is 29.4. The minimum atomic E-state index is -0.564. The summed E-state index contributed by atoms with van der Waals surface area (Å²) in [6.07, 6.45) is 1.54. The van der Waals surface area contributed by atoms with E-state index in [-0.39, 0.29) is 29.7 Å². The number of thioether (sulfide) groups is 1. The van der Waals surface area contributed by atoms with Gasteiger partial charge in [-0.2, -0.15) is 0 Å². The van der Waals surface area contributed by atoms with Gasteiger partial charge in [0.05, 0.1) is 24.2 Å². The molecule has 3 amide bonds. The first-order chi connectivity index (χ1) is 19.0. The molecule has 8 nitrogen and oxygen atoms in total. The number of hydrogen-bond donors (Lipinski definition) is 1. The Morgan fingerprint density at radius 3 is 2.42 bits per heavy atom. The van der Waals surface area contributed by atoms with Gasteiger partial charge in [0, 0.05) is 15.1 Å². The number of nitrogens with zero attached hydrogens (tertiary/aromatic N) is 1. The number of carbonyl (C=O) groups excluding carboxylic acids is 4. The third kappa shape index (κ3) is 6.93. The number of anilines is 1. The summed E-state index contributed by atoms with van der Waals surface area (Å²) in [5.41, 5.74) is 3.71. The van der Waals surface area contributed by atoms with Crippen LogP contribution in [0.2, 0.25) is 5.02 Å². The largest absolute Gasteiger partial charge is 0.493 e. The van der Waals surface area contributed by atoms with E-state index in [2.05, 4.69) is 21.2 Å². The Labute approximate surface area is 248 Å². The Morgan fingerprint density at radius 2 is 1.73 bits per heavy atom. The summed E-state index contributed by atoms with van der Waals surface area (Å²) in [5, 5.41) is 2.76. The standard InChI is InChI=1S/C29H24BrClN2O6S/c1-16-10-21(30)22(11-17(16)2)32-27(35)15-39-24-9-4-18(12-25(24)38-3)13-26-28(36)33(29(37)40-26)14-23(34)19-5-7-20(31)8-6-19/h4-13H,14-15H2,1-3H3,(H,32,35)/b26-13+. The van der Waals surface area contributed by atoms with Crippen molar-refractivity contribution >= 4 is 73.9 Å². The van der Waals surface area contributed by atoms with Gasteiger partial charge in [-0.1, -0.05) is 17.7 Å². The second kappa shape index (κ2) is 12.7. The van der Waals surface area contributed by atoms with Gasteiger partial charge < -0.3 is 14.8 Å². The third-order valence-corrected chi connectivity index (χ3v) is 7.86. The molecule has 0 unspecified atom stereocenters. The average molecular weight is 644 g/mol. The summed E-state index contributed by atoms with van der Waals surface area (Å²) >= 11 is 10.1. The number of nitrogens with one attached hydrogen (secondary N) is 1. The van der Waals surface area contributed by atoms with Crippen molar-refractivity contribution in [3.63, 3.8) is 0 Å². The van der Waals surface area contributed by atoms with Crippen LogP contribution in [-0.4, -0.2) is 48.0 Å². The number of rotatable bonds is 9. The summed E-state index contributed by atoms with van der Waals surface area (Å²) in [4.78, 5) is 51.5. The third-order valence-electron chi connectivity index (χ3n) is 6.04. The van der Waals surface area contributed by atoms with E-state index in [1.807, 2.05) is 26.0 Å². The van der Waals surface area contributed by atoms with E-state index in [9.17, 15) is 19.2 Å². The lowest BCUT2D eigenvalue weighted by molar-refractivity contribution is -0.122. The normalized spacial score (nSPS) is 14.0. The highest BCUT2D eigenvalue weighted by molar-refractivity contribution is 9.10. The maximum absolute atomic E-state index is 12.9. The molecule has 1 fully saturated rings. The van der Waals surface area contributed by atoms with Crippen LogP contribution in [0, 0.1) is 13.8 Å². The van der Waals surface area contributed by atoms with Crippen molar-refractivity contribution in [2.75, 3.05) is 25.6 Å². The van der Waals surface area contributed by atoms with Crippen LogP contribution in [0.5, 0.6) is 11.5 Å². The average Bonchev–Trinajstić information content (AvgIpc) is 3.18. The number of aryl methyl sites for hydroxylation is 2. The molecule has 4 rings (SSSR count). The smallest absolute Gasteiger partial charge is 0.293 e. The van der Waals surface area contributed by atoms with Gasteiger partial charge >= 0.3 is 0 Å². The first-order valence-electron chi connectivity index (χ1n) is 12.0. The van der Waals surface area contributed by atoms with E-state index in [1.54, 1.807) is 42.5 Å². The Hall–Kier alpha value is -3.60. The summed E-state index contributed by atoms with van der Waals surface area (Å²) in [6, 6.07) is 14.9. The Morgan fingerprint density at radius 1 is 1.02 bits per heavy atom. The molecule has 0 saturated carbocycles. The second-order valence-corrected chi connectivity index (χ2v) is 11.1. The Kier molecular flexibility index (Phi) is 9.34. The molecule has 3 aromatic rings. The lowest BCUT2D eigenvalue weighted by Crippen LogP contribution is -2.33. The van der Waals surface area contributed by atoms with E-state index in [0.717, 1.165) is 32.3 Å². The van der Waals surface area contributed by atoms with Crippen molar-refractivity contribution in [3.05, 3.63) is 91.3 Å². The van der Waals surface area contributed by atoms with Crippen LogP contribution in [0.25, 0.3) is 6.08 Å². The predicted octanol–water partition coefficient (Wildman–Crippen LogP) is 6.66. The molecule has 0 atom stereocenters. The molecule has 40 heavy (non-hydrogen) atoms. The van der Waals surface area contributed by atoms with Crippen molar-refractivity contribution in [2.24, 2.45) is 0 Å². The van der Waals surface area contributed by atoms with Crippen LogP contribution >= 0.6 is 39.3 Å². The number of halogens is 2. The van der Waals surface area contributed by atoms with Crippen LogP contribution in [0.1, 0.15) is 27.0 Å². The maximum atomic E-state index is 12.9. The molecule has 206 valence electrons. The van der Waals surface area contributed by atoms with Crippen LogP contribution in [-0.2, 0) is 9.59 Å². The van der Waals surface area contributed by atoms with E-state index >= 15 is 0 Å². The predicted molar refractivity (Wildman–Crippen MR) is 159 cm³/mol. The number of amides is 3. The fraction of sp³-hybridized carbons (Fsp3) is 0.172. The zero-order valence-electron chi connectivity index (χ0n) is 21.7. The zero-order valence-corrected chi connectivity index (χ0v) is 24.9. The molecule has 1 heterocycles. The molecule has 1 aliphatic heterocycles. The van der Waals surface area contributed by atoms with Crippen LogP contribution < -0.4 is 14.8 Å². The SMILES string of the molecule is COc1cc(/C=C2/SC(=O)N(CC(=O)c3ccc(Cl)cc3)C2=O)ccc1OCC(=O)Nc1cc(C)c(C)cc1Br. The van der Waals surface area contributed by atoms with Crippen LogP contribution in [0.3, 0.4) is 0 Å². The van der Waals surface area contributed by atoms with E-state index in [0.29, 0.717) is 33.3 Å². The summed E-state index contributed by atoms with van der Waals surface area (Å²) in [6.45, 7) is 3.32. The zero-order chi connectivity index (χ0) is 29.0. The van der Waals surface area contributed by atoms with Gasteiger partial charge in [0.15, 0.2) is 23.9 Å². The molecule has 0 radical (unpaired) electrons. The molecule has 11 heteroatoms. The minimum Gasteiger partial charge on any atom is -0.493 e. The Bertz CT molecular complexity index is 1540. The number of ether oxygens (including phenoxy) is 2. The highest BCUT2D eigenvalue weighted by atomic mass is 79.9. The molecule has 0 bridgehead atoms. The number of Topliss-reactive ketones (excluding diaryl/α,β-unsaturated/α-hetero) is 1. The monoisotopic (exact) mass is 642 g/mol. The highest BCUT2D eigenvalue weighted by Gasteiger charge is 2.36. The lowest BCUT2D eigenvalue weighted by Gasteiger charge is -2.13. The maximum Gasteiger partial charge on any atom is 0.293 e. The van der Waals surface area contributed by atoms with Gasteiger partial charge in [-0.15, -0.1) is 0 Å². The van der Waals surface area contributed by atoms with Gasteiger partial charge in [-0.3, -0.25) is 24.1 Å². The fourth-order valence-electron chi connectivity index (χ4n) is 3.76. The van der Waals surface area contributed by atoms with Crippen LogP contribution in [0.15, 0.2) is 64.0 Å². The molecule has 1 aliphatic rings. The van der Waals surface area contributed by atoms with Crippen molar-refractivity contribution in [1.29, 1.82) is 0 Å². The van der Waals surface area contributed by atoms with E-state index in [4.69, 9.17) is 21.1 Å². The molecule has 0 aromatic heterocycles. The van der Waals surface area contributed by atoms with Gasteiger partial charge in [-0.25, -0.2) is 0 Å². The highest BCUT2D eigenvalue weighted by Crippen LogP contribution is 2.35. The van der Waals surface area contributed by atoms with Gasteiger partial charge in [-0.05, 0) is 113 Å². The Balaban J connectivity index is 1.41. The molecular formula is C29H24BrClN2O6S. The van der Waals surface area contributed by atoms with Crippen LogP contribution in [0.4, 0.5) is 10.5 Å². The molecule has 1 saturated heterocycles. The number of methoxy groups -OCH3 is 1. The number of carbonyl (C=O) groups is 4. The number of benzene rings is 3. The molecule has 1 N–H and O–H groups in total. The van der Waals surface area contributed by atoms with Crippen molar-refractivity contribution in [3.8, 4) is 11.5 Å². The van der Waals surface area contributed by atoms with Crippen molar-refractivity contribution < 1.29 is 28.7 Å². The van der Waals surface area contributed by atoms with E-state index < -0.39 is 11.1 Å². The second-order valence-electron chi connectivity index (χ2n) is 8.86. The van der Waals surface area contributed by atoms with Crippen molar-refractivity contribution in [1.82, 2.24) is 4.90 Å². The first-order valence-corrected chi connectivity index (χ1v) is 14.0. The fourth-order valence-corrected chi connectivity index (χ4v) is 5.28. The quantitative estimate of drug-likeness (QED) is 0.205. The summed E-state index contributed by atoms with van der Waals surface area (Å²) < 4.78 is 11.9. The summed E-state index contributed by atoms with van der Waals surface area (Å²) in [7, 11) is 1.45. The topological polar surface area (TPSA) is 102 Å². The lowest BCUT2D eigenvalue weighted by atomic mass is 10.1. The van der Waals surface area contributed by atoms with Gasteiger partial charge in [0.1, 0.15) is 0 Å². The molecular weight excluding hydrogens is 620 g/mol. The number of hydrogen-bond acceptors (Lipinski definition) is 7. The van der Waals surface area contributed by atoms with E-state index in [1.165, 1.54) is 13.2 Å². The van der Waals surface area contributed by atoms with Gasteiger partial charge in [0.25, 0.3) is 17.1 Å². The van der Waals surface area contributed by atoms with Crippen molar-refractivity contribution in [2.45, 2.75) is 13.8 Å². The molecule has 3 aromatic carbocycles.